The Labute approximate surface area is 122 Å². The van der Waals surface area contributed by atoms with Gasteiger partial charge in [0.1, 0.15) is 5.52 Å². The highest BCUT2D eigenvalue weighted by Gasteiger charge is 2.06. The molecule has 0 aliphatic carbocycles. The van der Waals surface area contributed by atoms with Crippen LogP contribution in [0.5, 0.6) is 0 Å². The van der Waals surface area contributed by atoms with E-state index in [1.165, 1.54) is 5.39 Å². The summed E-state index contributed by atoms with van der Waals surface area (Å²) < 4.78 is 5.80. The van der Waals surface area contributed by atoms with E-state index in [2.05, 4.69) is 35.3 Å². The topological polar surface area (TPSA) is 26.0 Å². The fraction of sp³-hybridized carbons (Fsp3) is 0. The third-order valence-corrected chi connectivity index (χ3v) is 3.52. The van der Waals surface area contributed by atoms with Crippen LogP contribution >= 0.6 is 0 Å². The van der Waals surface area contributed by atoms with Gasteiger partial charge in [0.25, 0.3) is 0 Å². The van der Waals surface area contributed by atoms with E-state index in [0.29, 0.717) is 5.89 Å². The Kier molecular flexibility index (Phi) is 2.79. The predicted octanol–water partition coefficient (Wildman–Crippen LogP) is 5.15. The molecule has 0 spiro atoms. The van der Waals surface area contributed by atoms with Crippen LogP contribution in [0.3, 0.4) is 0 Å². The van der Waals surface area contributed by atoms with E-state index in [4.69, 9.17) is 4.42 Å². The van der Waals surface area contributed by atoms with E-state index < -0.39 is 0 Å². The molecule has 1 aromatic heterocycles. The number of benzene rings is 3. The van der Waals surface area contributed by atoms with E-state index in [0.717, 1.165) is 22.0 Å². The lowest BCUT2D eigenvalue weighted by Gasteiger charge is -1.95. The van der Waals surface area contributed by atoms with E-state index in [9.17, 15) is 0 Å². The van der Waals surface area contributed by atoms with E-state index in [1.54, 1.807) is 0 Å². The van der Waals surface area contributed by atoms with Crippen LogP contribution in [0.1, 0.15) is 11.5 Å². The van der Waals surface area contributed by atoms with Crippen molar-refractivity contribution >= 4 is 34.0 Å². The van der Waals surface area contributed by atoms with Gasteiger partial charge in [-0.3, -0.25) is 0 Å². The fourth-order valence-corrected chi connectivity index (χ4v) is 2.48. The second-order valence-corrected chi connectivity index (χ2v) is 4.93. The van der Waals surface area contributed by atoms with Crippen LogP contribution in [0.4, 0.5) is 0 Å². The summed E-state index contributed by atoms with van der Waals surface area (Å²) in [5.41, 5.74) is 2.87. The van der Waals surface area contributed by atoms with E-state index >= 15 is 0 Å². The quantitative estimate of drug-likeness (QED) is 0.504. The number of hydrogen-bond acceptors (Lipinski definition) is 2. The zero-order valence-corrected chi connectivity index (χ0v) is 11.4. The van der Waals surface area contributed by atoms with Gasteiger partial charge in [-0.25, -0.2) is 4.98 Å². The van der Waals surface area contributed by atoms with Gasteiger partial charge in [0.05, 0.1) is 0 Å². The standard InChI is InChI=1S/C19H13NO/c1-2-6-14(7-3-1)10-13-18-20-19-16-9-5-4-8-15(16)11-12-17(19)21-18/h1-13H/b13-10+. The van der Waals surface area contributed by atoms with Gasteiger partial charge in [0.15, 0.2) is 5.58 Å². The minimum atomic E-state index is 0.630. The molecule has 0 saturated heterocycles. The van der Waals surface area contributed by atoms with Crippen LogP contribution in [-0.2, 0) is 0 Å². The van der Waals surface area contributed by atoms with Gasteiger partial charge < -0.3 is 4.42 Å². The number of rotatable bonds is 2. The number of fused-ring (bicyclic) bond motifs is 3. The maximum Gasteiger partial charge on any atom is 0.220 e. The van der Waals surface area contributed by atoms with Crippen LogP contribution in [-0.4, -0.2) is 4.98 Å². The molecule has 21 heavy (non-hydrogen) atoms. The Morgan fingerprint density at radius 2 is 1.57 bits per heavy atom. The molecular formula is C19H13NO. The maximum atomic E-state index is 5.80. The normalized spacial score (nSPS) is 11.6. The number of nitrogens with zero attached hydrogens (tertiary/aromatic N) is 1. The summed E-state index contributed by atoms with van der Waals surface area (Å²) >= 11 is 0. The van der Waals surface area contributed by atoms with E-state index in [1.807, 2.05) is 48.6 Å². The summed E-state index contributed by atoms with van der Waals surface area (Å²) in [7, 11) is 0. The molecule has 0 fully saturated rings. The Morgan fingerprint density at radius 1 is 0.762 bits per heavy atom. The summed E-state index contributed by atoms with van der Waals surface area (Å²) in [6, 6.07) is 22.4. The summed E-state index contributed by atoms with van der Waals surface area (Å²) in [6.07, 6.45) is 3.91. The van der Waals surface area contributed by atoms with Gasteiger partial charge in [-0.1, -0.05) is 60.7 Å². The zero-order valence-electron chi connectivity index (χ0n) is 11.4. The average Bonchev–Trinajstić information content (AvgIpc) is 2.97. The molecule has 0 saturated carbocycles. The first-order valence-electron chi connectivity index (χ1n) is 6.91. The first kappa shape index (κ1) is 11.9. The lowest BCUT2D eigenvalue weighted by molar-refractivity contribution is 0.590. The van der Waals surface area contributed by atoms with Crippen LogP contribution < -0.4 is 0 Å². The molecule has 4 aromatic rings. The molecular weight excluding hydrogens is 258 g/mol. The lowest BCUT2D eigenvalue weighted by atomic mass is 10.1. The summed E-state index contributed by atoms with van der Waals surface area (Å²) in [4.78, 5) is 4.60. The van der Waals surface area contributed by atoms with Gasteiger partial charge in [-0.05, 0) is 23.1 Å². The highest BCUT2D eigenvalue weighted by atomic mass is 16.3. The lowest BCUT2D eigenvalue weighted by Crippen LogP contribution is -1.75. The van der Waals surface area contributed by atoms with Crippen LogP contribution in [0.15, 0.2) is 71.1 Å². The Balaban J connectivity index is 1.80. The molecule has 3 aromatic carbocycles. The second-order valence-electron chi connectivity index (χ2n) is 4.93. The van der Waals surface area contributed by atoms with Gasteiger partial charge >= 0.3 is 0 Å². The molecule has 0 radical (unpaired) electrons. The summed E-state index contributed by atoms with van der Waals surface area (Å²) in [6.45, 7) is 0. The number of hydrogen-bond donors (Lipinski definition) is 0. The minimum Gasteiger partial charge on any atom is -0.437 e. The SMILES string of the molecule is C(=C\c1nc2c(ccc3ccccc32)o1)/c1ccccc1. The average molecular weight is 271 g/mol. The second kappa shape index (κ2) is 4.91. The fourth-order valence-electron chi connectivity index (χ4n) is 2.48. The van der Waals surface area contributed by atoms with Crippen molar-refractivity contribution in [2.75, 3.05) is 0 Å². The van der Waals surface area contributed by atoms with Crippen molar-refractivity contribution < 1.29 is 4.42 Å². The van der Waals surface area contributed by atoms with Crippen LogP contribution in [0.25, 0.3) is 34.0 Å². The highest BCUT2D eigenvalue weighted by molar-refractivity contribution is 6.03. The molecule has 0 aliphatic rings. The summed E-state index contributed by atoms with van der Waals surface area (Å²) in [5.74, 6) is 0.630. The first-order valence-corrected chi connectivity index (χ1v) is 6.91. The van der Waals surface area contributed by atoms with Crippen LogP contribution in [0.2, 0.25) is 0 Å². The smallest absolute Gasteiger partial charge is 0.220 e. The highest BCUT2D eigenvalue weighted by Crippen LogP contribution is 2.26. The van der Waals surface area contributed by atoms with Crippen molar-refractivity contribution in [3.63, 3.8) is 0 Å². The number of oxazole rings is 1. The van der Waals surface area contributed by atoms with Crippen molar-refractivity contribution in [2.45, 2.75) is 0 Å². The van der Waals surface area contributed by atoms with Crippen molar-refractivity contribution in [3.05, 3.63) is 78.2 Å². The van der Waals surface area contributed by atoms with Crippen LogP contribution in [0, 0.1) is 0 Å². The molecule has 0 unspecified atom stereocenters. The maximum absolute atomic E-state index is 5.80. The van der Waals surface area contributed by atoms with Crippen molar-refractivity contribution in [1.82, 2.24) is 4.98 Å². The molecule has 4 rings (SSSR count). The Hall–Kier alpha value is -2.87. The molecule has 0 amide bonds. The molecule has 1 heterocycles. The van der Waals surface area contributed by atoms with Gasteiger partial charge in [0, 0.05) is 11.5 Å². The third-order valence-electron chi connectivity index (χ3n) is 3.52. The molecule has 2 nitrogen and oxygen atoms in total. The molecule has 0 N–H and O–H groups in total. The molecule has 100 valence electrons. The summed E-state index contributed by atoms with van der Waals surface area (Å²) in [5, 5.41) is 2.30. The number of aromatic nitrogens is 1. The molecule has 0 aliphatic heterocycles. The Bertz CT molecular complexity index is 936. The minimum absolute atomic E-state index is 0.630. The largest absolute Gasteiger partial charge is 0.437 e. The Morgan fingerprint density at radius 3 is 2.48 bits per heavy atom. The molecule has 0 atom stereocenters. The molecule has 0 bridgehead atoms. The van der Waals surface area contributed by atoms with Gasteiger partial charge in [-0.2, -0.15) is 0 Å². The van der Waals surface area contributed by atoms with Gasteiger partial charge in [-0.15, -0.1) is 0 Å². The predicted molar refractivity (Wildman–Crippen MR) is 86.9 cm³/mol. The van der Waals surface area contributed by atoms with E-state index in [-0.39, 0.29) is 0 Å². The third kappa shape index (κ3) is 2.21. The van der Waals surface area contributed by atoms with Gasteiger partial charge in [0.2, 0.25) is 5.89 Å². The zero-order chi connectivity index (χ0) is 14.1. The van der Waals surface area contributed by atoms with Crippen molar-refractivity contribution in [2.24, 2.45) is 0 Å². The first-order chi connectivity index (χ1) is 10.4. The van der Waals surface area contributed by atoms with Crippen molar-refractivity contribution in [3.8, 4) is 0 Å². The van der Waals surface area contributed by atoms with Crippen molar-refractivity contribution in [1.29, 1.82) is 0 Å². The monoisotopic (exact) mass is 271 g/mol. The molecule has 2 heteroatoms.